The standard InChI is InChI=1S/C22H23FN6O2/c1-29-20(24)18-19(16-9-8-15(31-3)12-17(16)23)26-22(27-21(18)28-29)25-11-10-13-4-6-14(30-2)7-5-13/h4-9,12H,10-11,24H2,1-3H3,(H,25,27,28). The molecule has 0 aliphatic rings. The molecule has 0 unspecified atom stereocenters. The van der Waals surface area contributed by atoms with Crippen molar-refractivity contribution in [3.05, 3.63) is 53.8 Å². The number of nitrogens with two attached hydrogens (primary N) is 1. The van der Waals surface area contributed by atoms with Crippen molar-refractivity contribution in [3.63, 3.8) is 0 Å². The Morgan fingerprint density at radius 2 is 1.74 bits per heavy atom. The molecule has 0 saturated heterocycles. The summed E-state index contributed by atoms with van der Waals surface area (Å²) in [6.45, 7) is 0.588. The Hall–Kier alpha value is -3.88. The van der Waals surface area contributed by atoms with E-state index in [-0.39, 0.29) is 0 Å². The quantitative estimate of drug-likeness (QED) is 0.471. The SMILES string of the molecule is COc1ccc(CCNc2nc(-c3ccc(OC)cc3F)c3c(N)n(C)nc3n2)cc1. The molecular formula is C22H23FN6O2. The maximum Gasteiger partial charge on any atom is 0.225 e. The number of ether oxygens (including phenoxy) is 2. The summed E-state index contributed by atoms with van der Waals surface area (Å²) >= 11 is 0. The van der Waals surface area contributed by atoms with E-state index in [1.807, 2.05) is 24.3 Å². The van der Waals surface area contributed by atoms with Gasteiger partial charge >= 0.3 is 0 Å². The Bertz CT molecular complexity index is 1220. The Balaban J connectivity index is 1.65. The number of nitrogen functional groups attached to an aromatic ring is 1. The minimum absolute atomic E-state index is 0.297. The summed E-state index contributed by atoms with van der Waals surface area (Å²) in [4.78, 5) is 9.03. The highest BCUT2D eigenvalue weighted by Crippen LogP contribution is 2.33. The van der Waals surface area contributed by atoms with Crippen molar-refractivity contribution in [3.8, 4) is 22.8 Å². The molecule has 2 aromatic carbocycles. The third-order valence-corrected chi connectivity index (χ3v) is 5.03. The van der Waals surface area contributed by atoms with E-state index in [1.165, 1.54) is 17.9 Å². The summed E-state index contributed by atoms with van der Waals surface area (Å²) in [5.41, 5.74) is 8.38. The molecule has 3 N–H and O–H groups in total. The monoisotopic (exact) mass is 422 g/mol. The lowest BCUT2D eigenvalue weighted by atomic mass is 10.1. The van der Waals surface area contributed by atoms with Crippen molar-refractivity contribution in [2.45, 2.75) is 6.42 Å². The largest absolute Gasteiger partial charge is 0.497 e. The number of anilines is 2. The molecule has 0 aliphatic heterocycles. The number of aryl methyl sites for hydroxylation is 1. The van der Waals surface area contributed by atoms with Crippen LogP contribution in [0.25, 0.3) is 22.3 Å². The van der Waals surface area contributed by atoms with Gasteiger partial charge in [0.05, 0.1) is 25.3 Å². The Kier molecular flexibility index (Phi) is 5.57. The van der Waals surface area contributed by atoms with Crippen molar-refractivity contribution in [1.82, 2.24) is 19.7 Å². The van der Waals surface area contributed by atoms with Crippen LogP contribution in [0, 0.1) is 5.82 Å². The summed E-state index contributed by atoms with van der Waals surface area (Å²) in [6.07, 6.45) is 0.752. The van der Waals surface area contributed by atoms with Gasteiger partial charge in [0, 0.05) is 25.2 Å². The fourth-order valence-corrected chi connectivity index (χ4v) is 3.31. The van der Waals surface area contributed by atoms with Crippen LogP contribution < -0.4 is 20.5 Å². The van der Waals surface area contributed by atoms with E-state index in [9.17, 15) is 4.39 Å². The van der Waals surface area contributed by atoms with Gasteiger partial charge in [-0.05, 0) is 36.2 Å². The normalized spacial score (nSPS) is 11.0. The fraction of sp³-hybridized carbons (Fsp3) is 0.227. The molecule has 0 aliphatic carbocycles. The highest BCUT2D eigenvalue weighted by molar-refractivity contribution is 5.99. The average molecular weight is 422 g/mol. The molecule has 31 heavy (non-hydrogen) atoms. The third-order valence-electron chi connectivity index (χ3n) is 5.03. The molecule has 4 aromatic rings. The lowest BCUT2D eigenvalue weighted by Gasteiger charge is -2.10. The molecule has 2 aromatic heterocycles. The zero-order valence-corrected chi connectivity index (χ0v) is 17.5. The number of methoxy groups -OCH3 is 2. The number of fused-ring (bicyclic) bond motifs is 1. The summed E-state index contributed by atoms with van der Waals surface area (Å²) in [6, 6.07) is 12.4. The molecule has 0 atom stereocenters. The van der Waals surface area contributed by atoms with Crippen LogP contribution in [-0.4, -0.2) is 40.5 Å². The Labute approximate surface area is 178 Å². The molecule has 0 spiro atoms. The van der Waals surface area contributed by atoms with Crippen LogP contribution in [-0.2, 0) is 13.5 Å². The molecule has 0 bridgehead atoms. The summed E-state index contributed by atoms with van der Waals surface area (Å²) in [5, 5.41) is 8.06. The molecule has 2 heterocycles. The third kappa shape index (κ3) is 4.07. The lowest BCUT2D eigenvalue weighted by Crippen LogP contribution is -2.09. The number of benzene rings is 2. The van der Waals surface area contributed by atoms with Crippen LogP contribution in [0.15, 0.2) is 42.5 Å². The zero-order chi connectivity index (χ0) is 22.0. The zero-order valence-electron chi connectivity index (χ0n) is 17.5. The molecule has 160 valence electrons. The van der Waals surface area contributed by atoms with Gasteiger partial charge in [0.15, 0.2) is 5.65 Å². The number of nitrogens with one attached hydrogen (secondary N) is 1. The number of halogens is 1. The van der Waals surface area contributed by atoms with Crippen molar-refractivity contribution >= 4 is 22.8 Å². The summed E-state index contributed by atoms with van der Waals surface area (Å²) in [7, 11) is 4.83. The van der Waals surface area contributed by atoms with Gasteiger partial charge in [-0.1, -0.05) is 12.1 Å². The fourth-order valence-electron chi connectivity index (χ4n) is 3.31. The van der Waals surface area contributed by atoms with Gasteiger partial charge < -0.3 is 20.5 Å². The number of rotatable bonds is 7. The molecule has 0 amide bonds. The van der Waals surface area contributed by atoms with E-state index >= 15 is 0 Å². The van der Waals surface area contributed by atoms with Crippen molar-refractivity contribution < 1.29 is 13.9 Å². The predicted molar refractivity (Wildman–Crippen MR) is 118 cm³/mol. The van der Waals surface area contributed by atoms with Gasteiger partial charge in [-0.3, -0.25) is 4.68 Å². The van der Waals surface area contributed by atoms with Crippen LogP contribution in [0.3, 0.4) is 0 Å². The van der Waals surface area contributed by atoms with E-state index in [0.717, 1.165) is 17.7 Å². The highest BCUT2D eigenvalue weighted by Gasteiger charge is 2.19. The van der Waals surface area contributed by atoms with Crippen molar-refractivity contribution in [2.75, 3.05) is 31.8 Å². The topological polar surface area (TPSA) is 100 Å². The van der Waals surface area contributed by atoms with Gasteiger partial charge in [-0.15, -0.1) is 0 Å². The smallest absolute Gasteiger partial charge is 0.225 e. The second-order valence-electron chi connectivity index (χ2n) is 6.97. The predicted octanol–water partition coefficient (Wildman–Crippen LogP) is 3.42. The van der Waals surface area contributed by atoms with Gasteiger partial charge in [0.2, 0.25) is 5.95 Å². The molecular weight excluding hydrogens is 399 g/mol. The van der Waals surface area contributed by atoms with E-state index in [4.69, 9.17) is 15.2 Å². The number of hydrogen-bond acceptors (Lipinski definition) is 7. The van der Waals surface area contributed by atoms with Crippen molar-refractivity contribution in [1.29, 1.82) is 0 Å². The number of nitrogens with zero attached hydrogens (tertiary/aromatic N) is 4. The minimum atomic E-state index is -0.466. The average Bonchev–Trinajstić information content (AvgIpc) is 3.07. The van der Waals surface area contributed by atoms with Crippen LogP contribution in [0.2, 0.25) is 0 Å². The van der Waals surface area contributed by atoms with Gasteiger partial charge in [0.1, 0.15) is 23.1 Å². The Morgan fingerprint density at radius 3 is 2.42 bits per heavy atom. The Morgan fingerprint density at radius 1 is 1.03 bits per heavy atom. The van der Waals surface area contributed by atoms with E-state index in [1.54, 1.807) is 26.3 Å². The first kappa shape index (κ1) is 20.4. The molecule has 0 radical (unpaired) electrons. The van der Waals surface area contributed by atoms with Gasteiger partial charge in [0.25, 0.3) is 0 Å². The highest BCUT2D eigenvalue weighted by atomic mass is 19.1. The molecule has 9 heteroatoms. The van der Waals surface area contributed by atoms with E-state index in [2.05, 4.69) is 20.4 Å². The summed E-state index contributed by atoms with van der Waals surface area (Å²) in [5.74, 6) is 1.48. The second-order valence-corrected chi connectivity index (χ2v) is 6.97. The molecule has 8 nitrogen and oxygen atoms in total. The molecule has 0 saturated carbocycles. The van der Waals surface area contributed by atoms with E-state index < -0.39 is 5.82 Å². The first-order valence-electron chi connectivity index (χ1n) is 9.71. The maximum absolute atomic E-state index is 14.8. The van der Waals surface area contributed by atoms with E-state index in [0.29, 0.717) is 46.4 Å². The first-order valence-corrected chi connectivity index (χ1v) is 9.71. The lowest BCUT2D eigenvalue weighted by molar-refractivity contribution is 0.411. The van der Waals surface area contributed by atoms with Gasteiger partial charge in [-0.25, -0.2) is 9.37 Å². The van der Waals surface area contributed by atoms with Crippen LogP contribution in [0.4, 0.5) is 16.2 Å². The number of hydrogen-bond donors (Lipinski definition) is 2. The summed E-state index contributed by atoms with van der Waals surface area (Å²) < 4.78 is 26.6. The molecule has 4 rings (SSSR count). The molecule has 0 fully saturated rings. The maximum atomic E-state index is 14.8. The van der Waals surface area contributed by atoms with Crippen LogP contribution >= 0.6 is 0 Å². The van der Waals surface area contributed by atoms with Crippen molar-refractivity contribution in [2.24, 2.45) is 7.05 Å². The van der Waals surface area contributed by atoms with Crippen LogP contribution in [0.5, 0.6) is 11.5 Å². The second kappa shape index (κ2) is 8.47. The number of aromatic nitrogens is 4. The minimum Gasteiger partial charge on any atom is -0.497 e. The van der Waals surface area contributed by atoms with Gasteiger partial charge in [-0.2, -0.15) is 10.1 Å². The van der Waals surface area contributed by atoms with Crippen LogP contribution in [0.1, 0.15) is 5.56 Å². The first-order chi connectivity index (χ1) is 15.0.